The lowest BCUT2D eigenvalue weighted by atomic mass is 9.73. The summed E-state index contributed by atoms with van der Waals surface area (Å²) in [4.78, 5) is 12.3. The van der Waals surface area contributed by atoms with Crippen molar-refractivity contribution >= 4 is 11.8 Å². The van der Waals surface area contributed by atoms with Crippen LogP contribution in [0.4, 0.5) is 10.5 Å². The molecule has 0 heterocycles. The van der Waals surface area contributed by atoms with Gasteiger partial charge in [0.2, 0.25) is 0 Å². The summed E-state index contributed by atoms with van der Waals surface area (Å²) in [6.45, 7) is 12.3. The second kappa shape index (κ2) is 7.94. The summed E-state index contributed by atoms with van der Waals surface area (Å²) in [5.74, 6) is 0.260. The summed E-state index contributed by atoms with van der Waals surface area (Å²) < 4.78 is 5.43. The first-order chi connectivity index (χ1) is 12.1. The predicted molar refractivity (Wildman–Crippen MR) is 109 cm³/mol. The van der Waals surface area contributed by atoms with E-state index in [4.69, 9.17) is 4.74 Å². The van der Waals surface area contributed by atoms with E-state index in [1.165, 1.54) is 5.56 Å². The molecule has 2 rings (SSSR count). The molecule has 0 aliphatic rings. The molecule has 0 aliphatic heterocycles. The summed E-state index contributed by atoms with van der Waals surface area (Å²) >= 11 is 0. The number of hydrogen-bond donors (Lipinski definition) is 1. The van der Waals surface area contributed by atoms with Crippen LogP contribution in [-0.2, 0) is 11.2 Å². The molecule has 1 atom stereocenters. The van der Waals surface area contributed by atoms with E-state index in [0.29, 0.717) is 0 Å². The van der Waals surface area contributed by atoms with Crippen LogP contribution in [0.25, 0.3) is 0 Å². The summed E-state index contributed by atoms with van der Waals surface area (Å²) in [5.41, 5.74) is 2.76. The van der Waals surface area contributed by atoms with Crippen molar-refractivity contribution in [3.8, 4) is 0 Å². The highest BCUT2D eigenvalue weighted by atomic mass is 16.6. The van der Waals surface area contributed by atoms with Gasteiger partial charge in [0, 0.05) is 5.69 Å². The largest absolute Gasteiger partial charge is 0.444 e. The van der Waals surface area contributed by atoms with Crippen LogP contribution in [0.3, 0.4) is 0 Å². The first-order valence-corrected chi connectivity index (χ1v) is 9.19. The van der Waals surface area contributed by atoms with E-state index in [1.54, 1.807) is 0 Å². The zero-order valence-electron chi connectivity index (χ0n) is 16.8. The Morgan fingerprint density at radius 1 is 0.923 bits per heavy atom. The number of benzene rings is 2. The maximum absolute atomic E-state index is 12.3. The topological polar surface area (TPSA) is 38.3 Å². The second-order valence-corrected chi connectivity index (χ2v) is 8.82. The van der Waals surface area contributed by atoms with Crippen molar-refractivity contribution in [1.82, 2.24) is 0 Å². The molecule has 0 unspecified atom stereocenters. The number of para-hydroxylation sites is 1. The van der Waals surface area contributed by atoms with Crippen molar-refractivity contribution in [2.45, 2.75) is 59.5 Å². The van der Waals surface area contributed by atoms with Crippen LogP contribution in [0.5, 0.6) is 0 Å². The highest BCUT2D eigenvalue weighted by Gasteiger charge is 2.29. The summed E-state index contributed by atoms with van der Waals surface area (Å²) in [6, 6.07) is 18.5. The molecule has 0 fully saturated rings. The normalized spacial score (nSPS) is 13.2. The highest BCUT2D eigenvalue weighted by Crippen LogP contribution is 2.40. The third-order valence-corrected chi connectivity index (χ3v) is 4.30. The van der Waals surface area contributed by atoms with Crippen molar-refractivity contribution in [3.05, 3.63) is 65.7 Å². The highest BCUT2D eigenvalue weighted by molar-refractivity contribution is 5.86. The number of anilines is 1. The summed E-state index contributed by atoms with van der Waals surface area (Å²) in [6.07, 6.45) is 0.495. The van der Waals surface area contributed by atoms with Crippen molar-refractivity contribution in [2.75, 3.05) is 5.32 Å². The van der Waals surface area contributed by atoms with Crippen molar-refractivity contribution < 1.29 is 9.53 Å². The minimum Gasteiger partial charge on any atom is -0.444 e. The SMILES string of the molecule is CC(C)(C)OC(=O)Nc1ccccc1[C@H](Cc1ccccc1)C(C)(C)C. The molecule has 2 aromatic carbocycles. The molecule has 0 aliphatic carbocycles. The smallest absolute Gasteiger partial charge is 0.412 e. The number of hydrogen-bond acceptors (Lipinski definition) is 2. The lowest BCUT2D eigenvalue weighted by Crippen LogP contribution is -2.28. The van der Waals surface area contributed by atoms with Crippen LogP contribution in [0.15, 0.2) is 54.6 Å². The van der Waals surface area contributed by atoms with Gasteiger partial charge in [0.05, 0.1) is 0 Å². The Morgan fingerprint density at radius 2 is 1.50 bits per heavy atom. The van der Waals surface area contributed by atoms with Gasteiger partial charge >= 0.3 is 6.09 Å². The Balaban J connectivity index is 2.32. The van der Waals surface area contributed by atoms with Crippen molar-refractivity contribution in [3.63, 3.8) is 0 Å². The number of carbonyl (C=O) groups excluding carboxylic acids is 1. The quantitative estimate of drug-likeness (QED) is 0.690. The monoisotopic (exact) mass is 353 g/mol. The molecule has 3 heteroatoms. The number of ether oxygens (including phenoxy) is 1. The minimum absolute atomic E-state index is 0.0432. The third-order valence-electron chi connectivity index (χ3n) is 4.30. The zero-order valence-corrected chi connectivity index (χ0v) is 16.8. The van der Waals surface area contributed by atoms with E-state index in [0.717, 1.165) is 17.7 Å². The summed E-state index contributed by atoms with van der Waals surface area (Å²) in [5, 5.41) is 2.94. The van der Waals surface area contributed by atoms with E-state index in [9.17, 15) is 4.79 Å². The molecule has 3 nitrogen and oxygen atoms in total. The Labute approximate surface area is 157 Å². The zero-order chi connectivity index (χ0) is 19.4. The fourth-order valence-corrected chi connectivity index (χ4v) is 3.06. The van der Waals surface area contributed by atoms with E-state index in [-0.39, 0.29) is 11.3 Å². The molecule has 0 saturated heterocycles. The van der Waals surface area contributed by atoms with Crippen LogP contribution < -0.4 is 5.32 Å². The van der Waals surface area contributed by atoms with Gasteiger partial charge in [-0.3, -0.25) is 5.32 Å². The first kappa shape index (κ1) is 20.0. The molecular weight excluding hydrogens is 322 g/mol. The first-order valence-electron chi connectivity index (χ1n) is 9.19. The molecule has 0 saturated carbocycles. The molecule has 0 radical (unpaired) electrons. The molecule has 0 bridgehead atoms. The molecule has 2 aromatic rings. The Hall–Kier alpha value is -2.29. The Kier molecular flexibility index (Phi) is 6.12. The Bertz CT molecular complexity index is 724. The molecule has 0 spiro atoms. The Morgan fingerprint density at radius 3 is 2.08 bits per heavy atom. The van der Waals surface area contributed by atoms with Gasteiger partial charge in [0.25, 0.3) is 0 Å². The average molecular weight is 354 g/mol. The van der Waals surface area contributed by atoms with E-state index in [1.807, 2.05) is 45.0 Å². The lowest BCUT2D eigenvalue weighted by Gasteiger charge is -2.33. The van der Waals surface area contributed by atoms with Gasteiger partial charge in [0.1, 0.15) is 5.60 Å². The van der Waals surface area contributed by atoms with Crippen molar-refractivity contribution in [2.24, 2.45) is 5.41 Å². The number of rotatable bonds is 4. The molecular formula is C23H31NO2. The second-order valence-electron chi connectivity index (χ2n) is 8.82. The number of amides is 1. The van der Waals surface area contributed by atoms with E-state index >= 15 is 0 Å². The van der Waals surface area contributed by atoms with Crippen LogP contribution >= 0.6 is 0 Å². The van der Waals surface area contributed by atoms with Crippen LogP contribution in [-0.4, -0.2) is 11.7 Å². The van der Waals surface area contributed by atoms with E-state index < -0.39 is 11.7 Å². The lowest BCUT2D eigenvalue weighted by molar-refractivity contribution is 0.0635. The van der Waals surface area contributed by atoms with Gasteiger partial charge < -0.3 is 4.74 Å². The standard InChI is InChI=1S/C23H31NO2/c1-22(2,3)19(16-17-12-8-7-9-13-17)18-14-10-11-15-20(18)24-21(25)26-23(4,5)6/h7-15,19H,16H2,1-6H3,(H,24,25)/t19-/m0/s1. The van der Waals surface area contributed by atoms with Crippen LogP contribution in [0.1, 0.15) is 58.6 Å². The fourth-order valence-electron chi connectivity index (χ4n) is 3.06. The number of nitrogens with one attached hydrogen (secondary N) is 1. The average Bonchev–Trinajstić information content (AvgIpc) is 2.51. The van der Waals surface area contributed by atoms with Gasteiger partial charge in [-0.1, -0.05) is 69.3 Å². The van der Waals surface area contributed by atoms with Gasteiger partial charge in [-0.05, 0) is 55.7 Å². The van der Waals surface area contributed by atoms with Crippen LogP contribution in [0.2, 0.25) is 0 Å². The molecule has 26 heavy (non-hydrogen) atoms. The number of carbonyl (C=O) groups is 1. The van der Waals surface area contributed by atoms with Gasteiger partial charge in [-0.2, -0.15) is 0 Å². The predicted octanol–water partition coefficient (Wildman–Crippen LogP) is 6.41. The molecule has 0 aromatic heterocycles. The minimum atomic E-state index is -0.521. The van der Waals surface area contributed by atoms with Crippen molar-refractivity contribution in [1.29, 1.82) is 0 Å². The van der Waals surface area contributed by atoms with Crippen LogP contribution in [0, 0.1) is 5.41 Å². The van der Waals surface area contributed by atoms with Gasteiger partial charge in [0.15, 0.2) is 0 Å². The van der Waals surface area contributed by atoms with Gasteiger partial charge in [-0.15, -0.1) is 0 Å². The maximum Gasteiger partial charge on any atom is 0.412 e. The van der Waals surface area contributed by atoms with E-state index in [2.05, 4.69) is 56.4 Å². The molecule has 140 valence electrons. The third kappa shape index (κ3) is 5.91. The fraction of sp³-hybridized carbons (Fsp3) is 0.435. The maximum atomic E-state index is 12.3. The molecule has 1 amide bonds. The summed E-state index contributed by atoms with van der Waals surface area (Å²) in [7, 11) is 0. The van der Waals surface area contributed by atoms with Gasteiger partial charge in [-0.25, -0.2) is 4.79 Å². The molecule has 1 N–H and O–H groups in total.